The third-order valence-corrected chi connectivity index (χ3v) is 9.09. The fraction of sp³-hybridized carbons (Fsp3) is 0.286. The summed E-state index contributed by atoms with van der Waals surface area (Å²) in [6.07, 6.45) is 0. The average molecular weight is 550 g/mol. The molecule has 198 valence electrons. The number of thiazole rings is 1. The van der Waals surface area contributed by atoms with Gasteiger partial charge in [0, 0.05) is 50.5 Å². The standard InChI is InChI=1S/C28H31N5O3S2/c1-20-18-21(2)26-25(19-20)37-28(30-26)33-16-14-32(15-17-33)13-12-29-27(34)22-8-10-23(11-9-22)31-38(35,36)24-6-4-3-5-7-24/h3-11,18-19,31H,12-17H2,1-2H3,(H,29,34). The summed E-state index contributed by atoms with van der Waals surface area (Å²) in [6.45, 7) is 9.20. The van der Waals surface area contributed by atoms with Gasteiger partial charge in [0.05, 0.1) is 15.1 Å². The molecule has 1 aliphatic heterocycles. The van der Waals surface area contributed by atoms with Gasteiger partial charge in [-0.15, -0.1) is 0 Å². The molecule has 0 radical (unpaired) electrons. The first kappa shape index (κ1) is 26.1. The molecule has 0 spiro atoms. The maximum Gasteiger partial charge on any atom is 0.261 e. The van der Waals surface area contributed by atoms with E-state index >= 15 is 0 Å². The molecule has 5 rings (SSSR count). The number of anilines is 2. The van der Waals surface area contributed by atoms with E-state index in [2.05, 4.69) is 45.8 Å². The highest BCUT2D eigenvalue weighted by atomic mass is 32.2. The molecular weight excluding hydrogens is 518 g/mol. The zero-order valence-corrected chi connectivity index (χ0v) is 23.1. The summed E-state index contributed by atoms with van der Waals surface area (Å²) in [7, 11) is -3.67. The van der Waals surface area contributed by atoms with Gasteiger partial charge in [-0.2, -0.15) is 0 Å². The van der Waals surface area contributed by atoms with Gasteiger partial charge in [-0.3, -0.25) is 14.4 Å². The second-order valence-electron chi connectivity index (χ2n) is 9.51. The number of piperazine rings is 1. The smallest absolute Gasteiger partial charge is 0.261 e. The molecule has 0 bridgehead atoms. The van der Waals surface area contributed by atoms with E-state index in [0.29, 0.717) is 17.8 Å². The SMILES string of the molecule is Cc1cc(C)c2nc(N3CCN(CCNC(=O)c4ccc(NS(=O)(=O)c5ccccc5)cc4)CC3)sc2c1. The molecule has 1 aliphatic rings. The van der Waals surface area contributed by atoms with Crippen molar-refractivity contribution in [3.8, 4) is 0 Å². The van der Waals surface area contributed by atoms with Gasteiger partial charge < -0.3 is 10.2 Å². The van der Waals surface area contributed by atoms with Gasteiger partial charge in [0.1, 0.15) is 0 Å². The van der Waals surface area contributed by atoms with Crippen LogP contribution in [0.25, 0.3) is 10.2 Å². The monoisotopic (exact) mass is 549 g/mol. The van der Waals surface area contributed by atoms with E-state index in [-0.39, 0.29) is 10.8 Å². The highest BCUT2D eigenvalue weighted by molar-refractivity contribution is 7.92. The Hall–Kier alpha value is -3.47. The van der Waals surface area contributed by atoms with E-state index in [1.807, 2.05) is 0 Å². The number of nitrogens with zero attached hydrogens (tertiary/aromatic N) is 3. The second kappa shape index (κ2) is 11.1. The van der Waals surface area contributed by atoms with Crippen molar-refractivity contribution in [2.75, 3.05) is 48.9 Å². The highest BCUT2D eigenvalue weighted by Gasteiger charge is 2.20. The Bertz CT molecular complexity index is 1530. The van der Waals surface area contributed by atoms with Crippen molar-refractivity contribution in [2.45, 2.75) is 18.7 Å². The summed E-state index contributed by atoms with van der Waals surface area (Å²) in [6, 6.07) is 19.0. The van der Waals surface area contributed by atoms with Crippen molar-refractivity contribution in [3.63, 3.8) is 0 Å². The minimum Gasteiger partial charge on any atom is -0.351 e. The molecule has 0 aliphatic carbocycles. The summed E-state index contributed by atoms with van der Waals surface area (Å²) >= 11 is 1.76. The second-order valence-corrected chi connectivity index (χ2v) is 12.2. The molecule has 1 amide bonds. The summed E-state index contributed by atoms with van der Waals surface area (Å²) in [4.78, 5) is 22.4. The summed E-state index contributed by atoms with van der Waals surface area (Å²) in [5.74, 6) is -0.179. The zero-order chi connectivity index (χ0) is 26.7. The first-order chi connectivity index (χ1) is 18.3. The molecular formula is C28H31N5O3S2. The predicted octanol–water partition coefficient (Wildman–Crippen LogP) is 4.27. The molecule has 3 aromatic carbocycles. The number of hydrogen-bond donors (Lipinski definition) is 2. The first-order valence-corrected chi connectivity index (χ1v) is 14.9. The van der Waals surface area contributed by atoms with Gasteiger partial charge in [0.25, 0.3) is 15.9 Å². The van der Waals surface area contributed by atoms with Crippen molar-refractivity contribution in [1.82, 2.24) is 15.2 Å². The van der Waals surface area contributed by atoms with Crippen molar-refractivity contribution in [3.05, 3.63) is 83.4 Å². The number of sulfonamides is 1. The van der Waals surface area contributed by atoms with Crippen molar-refractivity contribution >= 4 is 48.3 Å². The van der Waals surface area contributed by atoms with E-state index in [1.165, 1.54) is 28.0 Å². The Morgan fingerprint density at radius 2 is 1.68 bits per heavy atom. The molecule has 0 saturated carbocycles. The highest BCUT2D eigenvalue weighted by Crippen LogP contribution is 2.32. The summed E-state index contributed by atoms with van der Waals surface area (Å²) in [5.41, 5.74) is 4.48. The quantitative estimate of drug-likeness (QED) is 0.341. The normalized spacial score (nSPS) is 14.5. The maximum absolute atomic E-state index is 12.6. The predicted molar refractivity (Wildman–Crippen MR) is 154 cm³/mol. The maximum atomic E-state index is 12.6. The molecule has 10 heteroatoms. The molecule has 1 saturated heterocycles. The lowest BCUT2D eigenvalue weighted by molar-refractivity contribution is 0.0948. The fourth-order valence-corrected chi connectivity index (χ4v) is 6.86. The molecule has 0 atom stereocenters. The third kappa shape index (κ3) is 5.98. The van der Waals surface area contributed by atoms with Crippen LogP contribution in [0.15, 0.2) is 71.6 Å². The van der Waals surface area contributed by atoms with E-state index in [0.717, 1.165) is 43.4 Å². The molecule has 4 aromatic rings. The van der Waals surface area contributed by atoms with Crippen LogP contribution >= 0.6 is 11.3 Å². The number of fused-ring (bicyclic) bond motifs is 1. The Morgan fingerprint density at radius 3 is 2.39 bits per heavy atom. The van der Waals surface area contributed by atoms with E-state index in [1.54, 1.807) is 53.8 Å². The van der Waals surface area contributed by atoms with Crippen LogP contribution in [-0.2, 0) is 10.0 Å². The fourth-order valence-electron chi connectivity index (χ4n) is 4.59. The molecule has 0 unspecified atom stereocenters. The van der Waals surface area contributed by atoms with Gasteiger partial charge in [-0.05, 0) is 67.4 Å². The van der Waals surface area contributed by atoms with E-state index in [9.17, 15) is 13.2 Å². The number of amides is 1. The van der Waals surface area contributed by atoms with Gasteiger partial charge in [0.15, 0.2) is 5.13 Å². The van der Waals surface area contributed by atoms with Gasteiger partial charge in [-0.1, -0.05) is 35.6 Å². The third-order valence-electron chi connectivity index (χ3n) is 6.63. The first-order valence-electron chi connectivity index (χ1n) is 12.6. The van der Waals surface area contributed by atoms with Crippen LogP contribution in [-0.4, -0.2) is 63.5 Å². The van der Waals surface area contributed by atoms with Crippen molar-refractivity contribution in [1.29, 1.82) is 0 Å². The van der Waals surface area contributed by atoms with Crippen LogP contribution in [0.5, 0.6) is 0 Å². The Labute approximate surface area is 227 Å². The Morgan fingerprint density at radius 1 is 0.974 bits per heavy atom. The minimum absolute atomic E-state index is 0.179. The Kier molecular flexibility index (Phi) is 7.64. The lowest BCUT2D eigenvalue weighted by Gasteiger charge is -2.34. The topological polar surface area (TPSA) is 94.6 Å². The number of aromatic nitrogens is 1. The number of benzene rings is 3. The number of carbonyl (C=O) groups is 1. The van der Waals surface area contributed by atoms with Crippen LogP contribution in [0.4, 0.5) is 10.8 Å². The number of carbonyl (C=O) groups excluding carboxylic acids is 1. The van der Waals surface area contributed by atoms with Gasteiger partial charge >= 0.3 is 0 Å². The summed E-state index contributed by atoms with van der Waals surface area (Å²) < 4.78 is 28.7. The molecule has 2 N–H and O–H groups in total. The minimum atomic E-state index is -3.67. The molecule has 8 nitrogen and oxygen atoms in total. The van der Waals surface area contributed by atoms with Crippen LogP contribution in [0.3, 0.4) is 0 Å². The largest absolute Gasteiger partial charge is 0.351 e. The van der Waals surface area contributed by atoms with Crippen molar-refractivity contribution in [2.24, 2.45) is 0 Å². The number of aryl methyl sites for hydroxylation is 2. The molecule has 1 fully saturated rings. The van der Waals surface area contributed by atoms with Crippen LogP contribution < -0.4 is 14.9 Å². The average Bonchev–Trinajstić information content (AvgIpc) is 3.34. The van der Waals surface area contributed by atoms with E-state index < -0.39 is 10.0 Å². The van der Waals surface area contributed by atoms with Crippen LogP contribution in [0.1, 0.15) is 21.5 Å². The number of rotatable bonds is 8. The zero-order valence-electron chi connectivity index (χ0n) is 21.5. The van der Waals surface area contributed by atoms with E-state index in [4.69, 9.17) is 4.98 Å². The molecule has 38 heavy (non-hydrogen) atoms. The van der Waals surface area contributed by atoms with Crippen LogP contribution in [0.2, 0.25) is 0 Å². The van der Waals surface area contributed by atoms with Crippen LogP contribution in [0, 0.1) is 13.8 Å². The van der Waals surface area contributed by atoms with Gasteiger partial charge in [-0.25, -0.2) is 13.4 Å². The molecule has 2 heterocycles. The molecule has 1 aromatic heterocycles. The number of hydrogen-bond acceptors (Lipinski definition) is 7. The van der Waals surface area contributed by atoms with Gasteiger partial charge in [0.2, 0.25) is 0 Å². The Balaban J connectivity index is 1.08. The lowest BCUT2D eigenvalue weighted by Crippen LogP contribution is -2.48. The lowest BCUT2D eigenvalue weighted by atomic mass is 10.1. The van der Waals surface area contributed by atoms with Crippen molar-refractivity contribution < 1.29 is 13.2 Å². The summed E-state index contributed by atoms with van der Waals surface area (Å²) in [5, 5.41) is 4.05. The number of nitrogens with one attached hydrogen (secondary N) is 2.